The highest BCUT2D eigenvalue weighted by Crippen LogP contribution is 2.67. The highest BCUT2D eigenvalue weighted by Gasteiger charge is 2.65. The molecule has 0 aliphatic heterocycles. The number of Topliss-reactive ketones (excluding diaryl/α,β-unsaturated/α-hetero) is 1. The number of carbonyl (C=O) groups is 2. The summed E-state index contributed by atoms with van der Waals surface area (Å²) in [6.07, 6.45) is 9.96. The summed E-state index contributed by atoms with van der Waals surface area (Å²) in [5.74, 6) is 1.55. The van der Waals surface area contributed by atoms with E-state index in [-0.39, 0.29) is 22.7 Å². The molecule has 0 spiro atoms. The van der Waals surface area contributed by atoms with Crippen molar-refractivity contribution in [1.82, 2.24) is 0 Å². The first kappa shape index (κ1) is 18.2. The van der Waals surface area contributed by atoms with Crippen molar-refractivity contribution >= 4 is 12.3 Å². The first-order valence-corrected chi connectivity index (χ1v) is 10.3. The van der Waals surface area contributed by atoms with Gasteiger partial charge in [0, 0.05) is 11.8 Å². The van der Waals surface area contributed by atoms with E-state index in [1.807, 2.05) is 0 Å². The third-order valence-corrected chi connectivity index (χ3v) is 9.04. The molecular formula is C22H32O4. The Morgan fingerprint density at radius 1 is 1.19 bits per heavy atom. The average molecular weight is 360 g/mol. The first-order valence-electron chi connectivity index (χ1n) is 10.3. The summed E-state index contributed by atoms with van der Waals surface area (Å²) in [5.41, 5.74) is 0.243. The Morgan fingerprint density at radius 2 is 1.92 bits per heavy atom. The van der Waals surface area contributed by atoms with Gasteiger partial charge in [0.15, 0.2) is 5.78 Å². The van der Waals surface area contributed by atoms with E-state index in [9.17, 15) is 14.7 Å². The van der Waals surface area contributed by atoms with Gasteiger partial charge in [0.05, 0.1) is 0 Å². The van der Waals surface area contributed by atoms with Gasteiger partial charge in [-0.15, -0.1) is 0 Å². The molecule has 0 aromatic heterocycles. The van der Waals surface area contributed by atoms with Gasteiger partial charge in [-0.1, -0.05) is 25.5 Å². The fourth-order valence-corrected chi connectivity index (χ4v) is 7.42. The van der Waals surface area contributed by atoms with E-state index >= 15 is 0 Å². The zero-order valence-electron chi connectivity index (χ0n) is 16.3. The van der Waals surface area contributed by atoms with Gasteiger partial charge in [-0.05, 0) is 75.0 Å². The molecule has 7 atom stereocenters. The van der Waals surface area contributed by atoms with Crippen molar-refractivity contribution in [2.24, 2.45) is 28.6 Å². The summed E-state index contributed by atoms with van der Waals surface area (Å²) >= 11 is 0. The normalized spacial score (nSPS) is 50.1. The molecule has 0 unspecified atom stereocenters. The number of fused-ring (bicyclic) bond motifs is 5. The van der Waals surface area contributed by atoms with Gasteiger partial charge in [0.25, 0.3) is 6.47 Å². The summed E-state index contributed by atoms with van der Waals surface area (Å²) in [5, 5.41) is 11.2. The number of allylic oxidation sites excluding steroid dienone is 1. The van der Waals surface area contributed by atoms with Crippen molar-refractivity contribution in [3.8, 4) is 0 Å². The van der Waals surface area contributed by atoms with Gasteiger partial charge >= 0.3 is 0 Å². The molecule has 0 heterocycles. The minimum atomic E-state index is -1.14. The standard InChI is InChI=1S/C22H32O4/c1-14(24)22(25)11-8-19-17-5-4-15-12-16(26-13-23)6-9-20(15,2)18(17)7-10-21(19,22)3/h4,13,16-19,25H,5-12H2,1-3H3/t16-,17+,18-,19+,20-,21-,22-/m0/s1. The largest absolute Gasteiger partial charge is 0.464 e. The summed E-state index contributed by atoms with van der Waals surface area (Å²) in [4.78, 5) is 23.0. The molecule has 4 nitrogen and oxygen atoms in total. The second kappa shape index (κ2) is 5.92. The lowest BCUT2D eigenvalue weighted by Gasteiger charge is -2.58. The van der Waals surface area contributed by atoms with E-state index < -0.39 is 5.60 Å². The van der Waals surface area contributed by atoms with Crippen molar-refractivity contribution in [1.29, 1.82) is 0 Å². The fourth-order valence-electron chi connectivity index (χ4n) is 7.42. The molecule has 0 amide bonds. The fraction of sp³-hybridized carbons (Fsp3) is 0.818. The van der Waals surface area contributed by atoms with Gasteiger partial charge in [-0.2, -0.15) is 0 Å². The predicted octanol–water partition coefficient (Wildman–Crippen LogP) is 3.81. The van der Waals surface area contributed by atoms with E-state index in [2.05, 4.69) is 19.9 Å². The molecule has 1 N–H and O–H groups in total. The van der Waals surface area contributed by atoms with Crippen LogP contribution in [0.4, 0.5) is 0 Å². The van der Waals surface area contributed by atoms with Crippen molar-refractivity contribution in [3.05, 3.63) is 11.6 Å². The molecule has 4 heteroatoms. The average Bonchev–Trinajstić information content (AvgIpc) is 2.88. The highest BCUT2D eigenvalue weighted by molar-refractivity contribution is 5.86. The number of carbonyl (C=O) groups excluding carboxylic acids is 2. The predicted molar refractivity (Wildman–Crippen MR) is 98.3 cm³/mol. The number of rotatable bonds is 3. The van der Waals surface area contributed by atoms with Crippen molar-refractivity contribution in [3.63, 3.8) is 0 Å². The zero-order valence-corrected chi connectivity index (χ0v) is 16.3. The topological polar surface area (TPSA) is 63.6 Å². The maximum absolute atomic E-state index is 12.3. The van der Waals surface area contributed by atoms with Crippen LogP contribution >= 0.6 is 0 Å². The third kappa shape index (κ3) is 2.23. The smallest absolute Gasteiger partial charge is 0.293 e. The van der Waals surface area contributed by atoms with Gasteiger partial charge in [0.1, 0.15) is 11.7 Å². The Hall–Kier alpha value is -1.16. The number of hydrogen-bond donors (Lipinski definition) is 1. The Balaban J connectivity index is 1.64. The van der Waals surface area contributed by atoms with Gasteiger partial charge in [0.2, 0.25) is 0 Å². The van der Waals surface area contributed by atoms with E-state index in [0.29, 0.717) is 30.6 Å². The number of ether oxygens (including phenoxy) is 1. The molecule has 26 heavy (non-hydrogen) atoms. The van der Waals surface area contributed by atoms with Crippen LogP contribution in [0.5, 0.6) is 0 Å². The molecule has 144 valence electrons. The van der Waals surface area contributed by atoms with Crippen LogP contribution in [0.2, 0.25) is 0 Å². The summed E-state index contributed by atoms with van der Waals surface area (Å²) in [7, 11) is 0. The SMILES string of the molecule is CC(=O)[C@@]1(O)CC[C@@H]2[C@@H]3CC=C4C[C@@H](OC=O)CC[C@]4(C)[C@H]3CC[C@@]21C. The first-order chi connectivity index (χ1) is 12.3. The molecular weight excluding hydrogens is 328 g/mol. The quantitative estimate of drug-likeness (QED) is 0.614. The number of hydrogen-bond acceptors (Lipinski definition) is 4. The monoisotopic (exact) mass is 360 g/mol. The summed E-state index contributed by atoms with van der Waals surface area (Å²) in [6, 6.07) is 0. The minimum absolute atomic E-state index is 0.0338. The van der Waals surface area contributed by atoms with Crippen LogP contribution in [0, 0.1) is 28.6 Å². The lowest BCUT2D eigenvalue weighted by atomic mass is 9.47. The maximum Gasteiger partial charge on any atom is 0.293 e. The molecule has 4 rings (SSSR count). The maximum atomic E-state index is 12.3. The van der Waals surface area contributed by atoms with Gasteiger partial charge in [-0.25, -0.2) is 0 Å². The molecule has 4 aliphatic rings. The van der Waals surface area contributed by atoms with Crippen molar-refractivity contribution < 1.29 is 19.4 Å². The molecule has 4 aliphatic carbocycles. The number of ketones is 1. The van der Waals surface area contributed by atoms with Crippen LogP contribution in [-0.2, 0) is 14.3 Å². The van der Waals surface area contributed by atoms with Crippen LogP contribution in [0.3, 0.4) is 0 Å². The Labute approximate surface area is 156 Å². The molecule has 3 saturated carbocycles. The molecule has 0 saturated heterocycles. The van der Waals surface area contributed by atoms with Crippen molar-refractivity contribution in [2.75, 3.05) is 0 Å². The molecule has 0 aromatic rings. The summed E-state index contributed by atoms with van der Waals surface area (Å²) in [6.45, 7) is 6.72. The molecule has 3 fully saturated rings. The Bertz CT molecular complexity index is 655. The zero-order chi connectivity index (χ0) is 18.7. The van der Waals surface area contributed by atoms with Crippen LogP contribution in [0.1, 0.15) is 72.1 Å². The van der Waals surface area contributed by atoms with Crippen LogP contribution in [0.25, 0.3) is 0 Å². The van der Waals surface area contributed by atoms with E-state index in [1.54, 1.807) is 6.92 Å². The van der Waals surface area contributed by atoms with Crippen LogP contribution in [-0.4, -0.2) is 29.1 Å². The lowest BCUT2D eigenvalue weighted by molar-refractivity contribution is -0.159. The van der Waals surface area contributed by atoms with Crippen molar-refractivity contribution in [2.45, 2.75) is 83.8 Å². The second-order valence-corrected chi connectivity index (χ2v) is 9.77. The van der Waals surface area contributed by atoms with E-state index in [0.717, 1.165) is 44.9 Å². The number of aliphatic hydroxyl groups is 1. The molecule has 0 bridgehead atoms. The molecule has 0 aromatic carbocycles. The Kier molecular flexibility index (Phi) is 4.15. The highest BCUT2D eigenvalue weighted by atomic mass is 16.5. The van der Waals surface area contributed by atoms with Crippen LogP contribution < -0.4 is 0 Å². The third-order valence-electron chi connectivity index (χ3n) is 9.04. The second-order valence-electron chi connectivity index (χ2n) is 9.77. The minimum Gasteiger partial charge on any atom is -0.464 e. The van der Waals surface area contributed by atoms with Gasteiger partial charge in [-0.3, -0.25) is 9.59 Å². The Morgan fingerprint density at radius 3 is 2.62 bits per heavy atom. The van der Waals surface area contributed by atoms with Gasteiger partial charge < -0.3 is 9.84 Å². The van der Waals surface area contributed by atoms with E-state index in [4.69, 9.17) is 4.74 Å². The van der Waals surface area contributed by atoms with E-state index in [1.165, 1.54) is 5.57 Å². The summed E-state index contributed by atoms with van der Waals surface area (Å²) < 4.78 is 5.26. The van der Waals surface area contributed by atoms with Crippen LogP contribution in [0.15, 0.2) is 11.6 Å². The molecule has 0 radical (unpaired) electrons. The lowest BCUT2D eigenvalue weighted by Crippen LogP contribution is -2.57.